The lowest BCUT2D eigenvalue weighted by atomic mass is 10.1. The Morgan fingerprint density at radius 2 is 1.92 bits per heavy atom. The maximum Gasteiger partial charge on any atom is 0.261 e. The van der Waals surface area contributed by atoms with Crippen LogP contribution in [0.1, 0.15) is 37.6 Å². The summed E-state index contributed by atoms with van der Waals surface area (Å²) in [5.41, 5.74) is 7.17. The number of carbonyl (C=O) groups excluding carboxylic acids is 2. The van der Waals surface area contributed by atoms with E-state index >= 15 is 0 Å². The van der Waals surface area contributed by atoms with Gasteiger partial charge in [-0.05, 0) is 54.4 Å². The third-order valence-electron chi connectivity index (χ3n) is 6.00. The van der Waals surface area contributed by atoms with E-state index in [4.69, 9.17) is 5.73 Å². The van der Waals surface area contributed by atoms with Gasteiger partial charge in [0.1, 0.15) is 5.65 Å². The molecule has 0 fully saturated rings. The molecule has 0 aliphatic rings. The Labute approximate surface area is 213 Å². The number of thiophene rings is 1. The summed E-state index contributed by atoms with van der Waals surface area (Å²) in [6.07, 6.45) is 5.31. The van der Waals surface area contributed by atoms with Crippen LogP contribution in [0.2, 0.25) is 0 Å². The van der Waals surface area contributed by atoms with Crippen LogP contribution in [0.3, 0.4) is 0 Å². The minimum absolute atomic E-state index is 0.0163. The fraction of sp³-hybridized carbons (Fsp3) is 0.111. The lowest BCUT2D eigenvalue weighted by Gasteiger charge is -2.08. The Morgan fingerprint density at radius 3 is 2.70 bits per heavy atom. The Hall–Kier alpha value is -4.44. The van der Waals surface area contributed by atoms with Gasteiger partial charge in [0.2, 0.25) is 5.91 Å². The molecule has 0 saturated heterocycles. The maximum atomic E-state index is 13.5. The number of nitrogens with zero attached hydrogens (tertiary/aromatic N) is 2. The fourth-order valence-corrected chi connectivity index (χ4v) is 5.12. The van der Waals surface area contributed by atoms with Crippen molar-refractivity contribution in [1.82, 2.24) is 14.5 Å². The third-order valence-corrected chi connectivity index (χ3v) is 7.18. The first-order valence-corrected chi connectivity index (χ1v) is 12.1. The zero-order chi connectivity index (χ0) is 26.1. The molecule has 10 heteroatoms. The predicted molar refractivity (Wildman–Crippen MR) is 137 cm³/mol. The number of hydrogen-bond donors (Lipinski definition) is 2. The standard InChI is InChI=1S/C27H20F2N4O3S/c28-21-6-3-15(10-22(21)29)14-33-9-1-2-18(27(33)36)23(34)7-4-17-5-8-24(37-17)20-13-32-26-19(20)11-16(12-31-26)25(30)35/h1-3,5-6,8-13H,4,7,14H2,(H2,30,35)(H,31,32). The number of ketones is 1. The zero-order valence-electron chi connectivity index (χ0n) is 19.3. The van der Waals surface area contributed by atoms with Crippen LogP contribution in [-0.2, 0) is 13.0 Å². The number of aryl methyl sites for hydroxylation is 1. The van der Waals surface area contributed by atoms with E-state index in [9.17, 15) is 23.2 Å². The topological polar surface area (TPSA) is 111 Å². The Kier molecular flexibility index (Phi) is 6.49. The minimum Gasteiger partial charge on any atom is -0.366 e. The Bertz CT molecular complexity index is 1720. The van der Waals surface area contributed by atoms with E-state index in [1.165, 1.54) is 40.4 Å². The lowest BCUT2D eigenvalue weighted by molar-refractivity contribution is 0.0978. The molecule has 0 spiro atoms. The molecule has 0 aliphatic heterocycles. The largest absolute Gasteiger partial charge is 0.366 e. The number of H-pyrrole nitrogens is 1. The number of amides is 1. The third kappa shape index (κ3) is 4.96. The lowest BCUT2D eigenvalue weighted by Crippen LogP contribution is -2.26. The first-order chi connectivity index (χ1) is 17.8. The molecule has 4 heterocycles. The van der Waals surface area contributed by atoms with Gasteiger partial charge in [0, 0.05) is 45.7 Å². The number of halogens is 2. The number of aromatic amines is 1. The van der Waals surface area contributed by atoms with E-state index in [1.807, 2.05) is 18.3 Å². The number of fused-ring (bicyclic) bond motifs is 1. The number of benzene rings is 1. The van der Waals surface area contributed by atoms with Gasteiger partial charge in [-0.1, -0.05) is 6.07 Å². The Balaban J connectivity index is 1.30. The van der Waals surface area contributed by atoms with Crippen molar-refractivity contribution in [3.8, 4) is 10.4 Å². The molecule has 1 aromatic carbocycles. The molecular weight excluding hydrogens is 498 g/mol. The number of hydrogen-bond acceptors (Lipinski definition) is 5. The van der Waals surface area contributed by atoms with Gasteiger partial charge in [0.05, 0.1) is 17.7 Å². The quantitative estimate of drug-likeness (QED) is 0.290. The fourth-order valence-electron chi connectivity index (χ4n) is 4.08. The van der Waals surface area contributed by atoms with Crippen molar-refractivity contribution in [3.63, 3.8) is 0 Å². The highest BCUT2D eigenvalue weighted by Gasteiger charge is 2.16. The number of rotatable bonds is 8. The van der Waals surface area contributed by atoms with Crippen LogP contribution in [0, 0.1) is 11.6 Å². The first-order valence-electron chi connectivity index (χ1n) is 11.3. The summed E-state index contributed by atoms with van der Waals surface area (Å²) < 4.78 is 28.0. The van der Waals surface area contributed by atoms with E-state index in [0.29, 0.717) is 23.2 Å². The highest BCUT2D eigenvalue weighted by atomic mass is 32.1. The zero-order valence-corrected chi connectivity index (χ0v) is 20.1. The summed E-state index contributed by atoms with van der Waals surface area (Å²) in [6.45, 7) is 0.0163. The molecule has 0 unspecified atom stereocenters. The van der Waals surface area contributed by atoms with Crippen LogP contribution < -0.4 is 11.3 Å². The summed E-state index contributed by atoms with van der Waals surface area (Å²) in [6, 6.07) is 12.0. The molecule has 37 heavy (non-hydrogen) atoms. The summed E-state index contributed by atoms with van der Waals surface area (Å²) in [5.74, 6) is -2.82. The molecule has 7 nitrogen and oxygen atoms in total. The molecule has 0 saturated carbocycles. The van der Waals surface area contributed by atoms with Crippen molar-refractivity contribution in [2.75, 3.05) is 0 Å². The monoisotopic (exact) mass is 518 g/mol. The van der Waals surface area contributed by atoms with Gasteiger partial charge in [-0.15, -0.1) is 11.3 Å². The first kappa shape index (κ1) is 24.3. The van der Waals surface area contributed by atoms with Crippen LogP contribution in [0.4, 0.5) is 8.78 Å². The summed E-state index contributed by atoms with van der Waals surface area (Å²) in [7, 11) is 0. The highest BCUT2D eigenvalue weighted by molar-refractivity contribution is 7.15. The second-order valence-electron chi connectivity index (χ2n) is 8.48. The number of carbonyl (C=O) groups is 2. The smallest absolute Gasteiger partial charge is 0.261 e. The molecular formula is C27H20F2N4O3S. The summed E-state index contributed by atoms with van der Waals surface area (Å²) in [5, 5.41) is 0.770. The van der Waals surface area contributed by atoms with Crippen molar-refractivity contribution in [2.45, 2.75) is 19.4 Å². The predicted octanol–water partition coefficient (Wildman–Crippen LogP) is 4.69. The van der Waals surface area contributed by atoms with Gasteiger partial charge < -0.3 is 15.3 Å². The number of primary amides is 1. The van der Waals surface area contributed by atoms with Crippen molar-refractivity contribution >= 4 is 34.1 Å². The molecule has 0 atom stereocenters. The second-order valence-corrected chi connectivity index (χ2v) is 9.65. The number of Topliss-reactive ketones (excluding diaryl/α,β-unsaturated/α-hetero) is 1. The molecule has 186 valence electrons. The van der Waals surface area contributed by atoms with Gasteiger partial charge in [-0.25, -0.2) is 13.8 Å². The average Bonchev–Trinajstić information content (AvgIpc) is 3.52. The van der Waals surface area contributed by atoms with Crippen LogP contribution in [0.5, 0.6) is 0 Å². The van der Waals surface area contributed by atoms with E-state index in [-0.39, 0.29) is 24.3 Å². The molecule has 3 N–H and O–H groups in total. The van der Waals surface area contributed by atoms with Crippen molar-refractivity contribution < 1.29 is 18.4 Å². The average molecular weight is 519 g/mol. The van der Waals surface area contributed by atoms with Gasteiger partial charge in [-0.2, -0.15) is 0 Å². The molecule has 0 radical (unpaired) electrons. The van der Waals surface area contributed by atoms with Crippen molar-refractivity contribution in [2.24, 2.45) is 5.73 Å². The molecule has 5 rings (SSSR count). The molecule has 0 aliphatic carbocycles. The molecule has 5 aromatic rings. The Morgan fingerprint density at radius 1 is 1.08 bits per heavy atom. The van der Waals surface area contributed by atoms with Gasteiger partial charge >= 0.3 is 0 Å². The SMILES string of the molecule is NC(=O)c1cnc2[nH]cc(-c3ccc(CCC(=O)c4cccn(Cc5ccc(F)c(F)c5)c4=O)s3)c2c1. The highest BCUT2D eigenvalue weighted by Crippen LogP contribution is 2.34. The van der Waals surface area contributed by atoms with Crippen LogP contribution in [-0.4, -0.2) is 26.2 Å². The molecule has 1 amide bonds. The maximum absolute atomic E-state index is 13.5. The van der Waals surface area contributed by atoms with Gasteiger partial charge in [0.25, 0.3) is 5.56 Å². The van der Waals surface area contributed by atoms with Crippen LogP contribution >= 0.6 is 11.3 Å². The number of aromatic nitrogens is 3. The van der Waals surface area contributed by atoms with Gasteiger partial charge in [-0.3, -0.25) is 14.4 Å². The normalized spacial score (nSPS) is 11.2. The van der Waals surface area contributed by atoms with Crippen molar-refractivity contribution in [1.29, 1.82) is 0 Å². The minimum atomic E-state index is -0.995. The number of nitrogens with one attached hydrogen (secondary N) is 1. The number of nitrogens with two attached hydrogens (primary N) is 1. The summed E-state index contributed by atoms with van der Waals surface area (Å²) in [4.78, 5) is 46.5. The number of pyridine rings is 2. The van der Waals surface area contributed by atoms with E-state index in [2.05, 4.69) is 9.97 Å². The van der Waals surface area contributed by atoms with Crippen LogP contribution in [0.25, 0.3) is 21.5 Å². The van der Waals surface area contributed by atoms with E-state index < -0.39 is 23.1 Å². The molecule has 4 aromatic heterocycles. The van der Waals surface area contributed by atoms with Crippen LogP contribution in [0.15, 0.2) is 71.9 Å². The van der Waals surface area contributed by atoms with E-state index in [0.717, 1.165) is 32.8 Å². The van der Waals surface area contributed by atoms with Crippen molar-refractivity contribution in [3.05, 3.63) is 111 Å². The summed E-state index contributed by atoms with van der Waals surface area (Å²) >= 11 is 1.50. The van der Waals surface area contributed by atoms with Gasteiger partial charge in [0.15, 0.2) is 17.4 Å². The molecule has 0 bridgehead atoms. The second kappa shape index (κ2) is 9.90. The van der Waals surface area contributed by atoms with E-state index in [1.54, 1.807) is 12.1 Å².